The molecule has 0 atom stereocenters. The fourth-order valence-corrected chi connectivity index (χ4v) is 4.06. The normalized spacial score (nSPS) is 14.0. The van der Waals surface area contributed by atoms with Crippen LogP contribution in [0.3, 0.4) is 0 Å². The third-order valence-corrected chi connectivity index (χ3v) is 5.55. The lowest BCUT2D eigenvalue weighted by molar-refractivity contribution is 0.0996. The molecule has 32 heavy (non-hydrogen) atoms. The first-order valence-electron chi connectivity index (χ1n) is 9.82. The van der Waals surface area contributed by atoms with Crippen molar-refractivity contribution in [1.29, 1.82) is 0 Å². The van der Waals surface area contributed by atoms with Crippen LogP contribution in [-0.2, 0) is 7.05 Å². The van der Waals surface area contributed by atoms with Gasteiger partial charge < -0.3 is 25.3 Å². The maximum Gasteiger partial charge on any atom is 0.248 e. The molecule has 0 unspecified atom stereocenters. The molecule has 1 aliphatic heterocycles. The van der Waals surface area contributed by atoms with E-state index in [-0.39, 0.29) is 28.6 Å². The number of aromatic hydroxyl groups is 2. The van der Waals surface area contributed by atoms with E-state index in [0.717, 1.165) is 33.7 Å². The highest BCUT2D eigenvalue weighted by atomic mass is 16.5. The van der Waals surface area contributed by atoms with Gasteiger partial charge in [0.25, 0.3) is 0 Å². The topological polar surface area (TPSA) is 115 Å². The zero-order chi connectivity index (χ0) is 22.6. The van der Waals surface area contributed by atoms with E-state index in [9.17, 15) is 19.8 Å². The van der Waals surface area contributed by atoms with Crippen molar-refractivity contribution >= 4 is 28.7 Å². The smallest absolute Gasteiger partial charge is 0.248 e. The fraction of sp³-hybridized carbons (Fsp3) is 0.0400. The Labute approximate surface area is 182 Å². The number of ether oxygens (including phenoxy) is 1. The van der Waals surface area contributed by atoms with Gasteiger partial charge in [-0.15, -0.1) is 0 Å². The van der Waals surface area contributed by atoms with Crippen LogP contribution in [0.15, 0.2) is 66.6 Å². The molecule has 0 saturated carbocycles. The summed E-state index contributed by atoms with van der Waals surface area (Å²) >= 11 is 0. The lowest BCUT2D eigenvalue weighted by Gasteiger charge is -2.07. The Morgan fingerprint density at radius 1 is 1.09 bits per heavy atom. The van der Waals surface area contributed by atoms with Crippen LogP contribution in [0, 0.1) is 0 Å². The Hall–Kier alpha value is -4.52. The highest BCUT2D eigenvalue weighted by Crippen LogP contribution is 2.41. The quantitative estimate of drug-likeness (QED) is 0.429. The van der Waals surface area contributed by atoms with E-state index in [4.69, 9.17) is 10.5 Å². The molecule has 2 heterocycles. The number of Topliss-reactive ketones (excluding diaryl/α,β-unsaturated/α-hetero) is 1. The van der Waals surface area contributed by atoms with Crippen molar-refractivity contribution in [1.82, 2.24) is 4.57 Å². The molecule has 0 bridgehead atoms. The van der Waals surface area contributed by atoms with Crippen molar-refractivity contribution in [2.45, 2.75) is 0 Å². The number of primary amides is 1. The second-order valence-electron chi connectivity index (χ2n) is 7.61. The van der Waals surface area contributed by atoms with Crippen molar-refractivity contribution in [2.24, 2.45) is 12.8 Å². The van der Waals surface area contributed by atoms with Gasteiger partial charge in [-0.25, -0.2) is 0 Å². The van der Waals surface area contributed by atoms with Crippen LogP contribution < -0.4 is 10.5 Å². The SMILES string of the molecule is Cn1cc(/C=C2\Oc3cc(O)cc(O)c3C2=O)c2c(-c3ccc(C(N)=O)cc3)cccc21. The predicted molar refractivity (Wildman–Crippen MR) is 120 cm³/mol. The minimum atomic E-state index is -0.495. The second-order valence-corrected chi connectivity index (χ2v) is 7.61. The van der Waals surface area contributed by atoms with Crippen molar-refractivity contribution in [3.05, 3.63) is 83.2 Å². The first kappa shape index (κ1) is 19.4. The van der Waals surface area contributed by atoms with Crippen LogP contribution in [0.25, 0.3) is 28.1 Å². The molecule has 1 amide bonds. The average Bonchev–Trinajstić information content (AvgIpc) is 3.25. The molecule has 7 nitrogen and oxygen atoms in total. The highest BCUT2D eigenvalue weighted by molar-refractivity contribution is 6.17. The highest BCUT2D eigenvalue weighted by Gasteiger charge is 2.31. The number of aromatic nitrogens is 1. The standard InChI is InChI=1S/C25H18N2O5/c1-27-12-15(9-21-24(30)23-19(29)10-16(28)11-20(23)32-21)22-17(3-2-4-18(22)27)13-5-7-14(8-6-13)25(26)31/h2-12,28-29H,1H3,(H2,26,31)/b21-9-. The number of phenolic OH excluding ortho intramolecular Hbond substituents is 2. The van der Waals surface area contributed by atoms with Gasteiger partial charge >= 0.3 is 0 Å². The number of aryl methyl sites for hydroxylation is 1. The third kappa shape index (κ3) is 2.99. The van der Waals surface area contributed by atoms with Gasteiger partial charge in [0.2, 0.25) is 11.7 Å². The van der Waals surface area contributed by atoms with Crippen LogP contribution in [-0.4, -0.2) is 26.5 Å². The van der Waals surface area contributed by atoms with Gasteiger partial charge in [0.1, 0.15) is 22.8 Å². The molecule has 4 N–H and O–H groups in total. The van der Waals surface area contributed by atoms with Crippen molar-refractivity contribution in [3.8, 4) is 28.4 Å². The van der Waals surface area contributed by atoms with Gasteiger partial charge in [-0.05, 0) is 35.4 Å². The van der Waals surface area contributed by atoms with E-state index in [1.807, 2.05) is 48.1 Å². The molecule has 4 aromatic rings. The molecule has 158 valence electrons. The summed E-state index contributed by atoms with van der Waals surface area (Å²) in [6, 6.07) is 15.3. The molecule has 0 saturated heterocycles. The summed E-state index contributed by atoms with van der Waals surface area (Å²) in [6.45, 7) is 0. The number of allylic oxidation sites excluding steroid dienone is 1. The molecular weight excluding hydrogens is 408 g/mol. The number of nitrogens with zero attached hydrogens (tertiary/aromatic N) is 1. The molecular formula is C25H18N2O5. The number of amides is 1. The van der Waals surface area contributed by atoms with E-state index in [2.05, 4.69) is 0 Å². The first-order chi connectivity index (χ1) is 15.3. The van der Waals surface area contributed by atoms with E-state index in [1.54, 1.807) is 18.2 Å². The molecule has 1 aliphatic rings. The summed E-state index contributed by atoms with van der Waals surface area (Å²) in [5, 5.41) is 20.7. The summed E-state index contributed by atoms with van der Waals surface area (Å²) in [5.74, 6) is -1.32. The number of hydrogen-bond acceptors (Lipinski definition) is 5. The number of phenols is 2. The van der Waals surface area contributed by atoms with Gasteiger partial charge in [0.15, 0.2) is 5.76 Å². The number of fused-ring (bicyclic) bond motifs is 2. The summed E-state index contributed by atoms with van der Waals surface area (Å²) in [5.41, 5.74) is 9.28. The maximum absolute atomic E-state index is 12.8. The van der Waals surface area contributed by atoms with E-state index < -0.39 is 11.7 Å². The minimum Gasteiger partial charge on any atom is -0.508 e. The number of carbonyl (C=O) groups is 2. The molecule has 3 aromatic carbocycles. The number of ketones is 1. The lowest BCUT2D eigenvalue weighted by Crippen LogP contribution is -2.10. The van der Waals surface area contributed by atoms with Crippen LogP contribution in [0.4, 0.5) is 0 Å². The molecule has 0 spiro atoms. The Kier molecular flexibility index (Phi) is 4.27. The summed E-state index contributed by atoms with van der Waals surface area (Å²) in [7, 11) is 1.90. The molecule has 0 fully saturated rings. The number of rotatable bonds is 3. The molecule has 0 radical (unpaired) electrons. The van der Waals surface area contributed by atoms with Crippen LogP contribution >= 0.6 is 0 Å². The minimum absolute atomic E-state index is 0.0246. The van der Waals surface area contributed by atoms with Crippen LogP contribution in [0.2, 0.25) is 0 Å². The van der Waals surface area contributed by atoms with E-state index in [0.29, 0.717) is 5.56 Å². The average molecular weight is 426 g/mol. The third-order valence-electron chi connectivity index (χ3n) is 5.55. The van der Waals surface area contributed by atoms with Crippen LogP contribution in [0.1, 0.15) is 26.3 Å². The monoisotopic (exact) mass is 426 g/mol. The largest absolute Gasteiger partial charge is 0.508 e. The Balaban J connectivity index is 1.65. The van der Waals surface area contributed by atoms with Gasteiger partial charge in [-0.3, -0.25) is 9.59 Å². The second kappa shape index (κ2) is 7.02. The number of hydrogen-bond donors (Lipinski definition) is 3. The number of nitrogens with two attached hydrogens (primary N) is 1. The lowest BCUT2D eigenvalue weighted by atomic mass is 9.97. The van der Waals surface area contributed by atoms with E-state index >= 15 is 0 Å². The summed E-state index contributed by atoms with van der Waals surface area (Å²) in [6.07, 6.45) is 3.51. The number of benzene rings is 3. The van der Waals surface area contributed by atoms with Gasteiger partial charge in [-0.1, -0.05) is 24.3 Å². The molecule has 0 aliphatic carbocycles. The molecule has 1 aromatic heterocycles. The maximum atomic E-state index is 12.8. The van der Waals surface area contributed by atoms with Crippen LogP contribution in [0.5, 0.6) is 17.2 Å². The Morgan fingerprint density at radius 3 is 2.56 bits per heavy atom. The predicted octanol–water partition coefficient (Wildman–Crippen LogP) is 3.97. The van der Waals surface area contributed by atoms with E-state index in [1.165, 1.54) is 6.07 Å². The molecule has 7 heteroatoms. The van der Waals surface area contributed by atoms with Crippen molar-refractivity contribution in [2.75, 3.05) is 0 Å². The zero-order valence-corrected chi connectivity index (χ0v) is 17.0. The van der Waals surface area contributed by atoms with Gasteiger partial charge in [-0.2, -0.15) is 0 Å². The van der Waals surface area contributed by atoms with Gasteiger partial charge in [0.05, 0.1) is 0 Å². The first-order valence-corrected chi connectivity index (χ1v) is 9.82. The zero-order valence-electron chi connectivity index (χ0n) is 17.0. The Bertz CT molecular complexity index is 1460. The van der Waals surface area contributed by atoms with Crippen molar-refractivity contribution in [3.63, 3.8) is 0 Å². The van der Waals surface area contributed by atoms with Gasteiger partial charge in [0, 0.05) is 47.4 Å². The Morgan fingerprint density at radius 2 is 1.84 bits per heavy atom. The van der Waals surface area contributed by atoms with Crippen molar-refractivity contribution < 1.29 is 24.5 Å². The fourth-order valence-electron chi connectivity index (χ4n) is 4.06. The molecule has 5 rings (SSSR count). The summed E-state index contributed by atoms with van der Waals surface area (Å²) < 4.78 is 7.60. The summed E-state index contributed by atoms with van der Waals surface area (Å²) in [4.78, 5) is 24.3. The number of carbonyl (C=O) groups excluding carboxylic acids is 2.